The summed E-state index contributed by atoms with van der Waals surface area (Å²) in [4.78, 5) is 3.78. The second-order valence-electron chi connectivity index (χ2n) is 2.82. The molecule has 0 atom stereocenters. The second-order valence-corrected chi connectivity index (χ2v) is 3.38. The molecule has 0 saturated carbocycles. The van der Waals surface area contributed by atoms with Crippen molar-refractivity contribution < 1.29 is 17.9 Å². The van der Waals surface area contributed by atoms with Gasteiger partial charge in [-0.2, -0.15) is 0 Å². The number of pyridine rings is 1. The van der Waals surface area contributed by atoms with Gasteiger partial charge >= 0.3 is 6.36 Å². The molecular weight excluding hydrogens is 277 g/mol. The van der Waals surface area contributed by atoms with Gasteiger partial charge in [-0.1, -0.05) is 15.9 Å². The van der Waals surface area contributed by atoms with Gasteiger partial charge in [0.05, 0.1) is 5.69 Å². The van der Waals surface area contributed by atoms with Crippen molar-refractivity contribution in [1.82, 2.24) is 4.98 Å². The van der Waals surface area contributed by atoms with Gasteiger partial charge in [0.1, 0.15) is 0 Å². The summed E-state index contributed by atoms with van der Waals surface area (Å²) < 4.78 is 39.5. The predicted molar refractivity (Wildman–Crippen MR) is 52.7 cm³/mol. The molecule has 0 aromatic carbocycles. The Morgan fingerprint density at radius 1 is 1.53 bits per heavy atom. The van der Waals surface area contributed by atoms with Crippen LogP contribution >= 0.6 is 15.9 Å². The number of halogens is 4. The van der Waals surface area contributed by atoms with Crippen LogP contribution in [-0.2, 0) is 5.33 Å². The fraction of sp³-hybridized carbons (Fsp3) is 0.375. The highest BCUT2D eigenvalue weighted by Crippen LogP contribution is 2.29. The summed E-state index contributed by atoms with van der Waals surface area (Å²) in [6, 6.07) is 1.21. The Balaban J connectivity index is 3.05. The van der Waals surface area contributed by atoms with E-state index in [4.69, 9.17) is 5.73 Å². The summed E-state index contributed by atoms with van der Waals surface area (Å²) in [7, 11) is 0. The quantitative estimate of drug-likeness (QED) is 0.850. The van der Waals surface area contributed by atoms with Crippen molar-refractivity contribution in [1.29, 1.82) is 0 Å². The highest BCUT2D eigenvalue weighted by molar-refractivity contribution is 9.08. The van der Waals surface area contributed by atoms with Crippen LogP contribution in [0.25, 0.3) is 0 Å². The van der Waals surface area contributed by atoms with E-state index in [1.165, 1.54) is 6.07 Å². The average Bonchev–Trinajstić information content (AvgIpc) is 2.08. The number of nitrogens with zero attached hydrogens (tertiary/aromatic N) is 1. The van der Waals surface area contributed by atoms with Crippen LogP contribution in [0, 0.1) is 6.92 Å². The van der Waals surface area contributed by atoms with E-state index in [0.717, 1.165) is 0 Å². The number of rotatable bonds is 2. The van der Waals surface area contributed by atoms with Gasteiger partial charge in [-0.3, -0.25) is 0 Å². The molecule has 84 valence electrons. The van der Waals surface area contributed by atoms with Crippen LogP contribution in [0.4, 0.5) is 19.0 Å². The molecule has 1 aromatic heterocycles. The molecule has 0 saturated heterocycles. The van der Waals surface area contributed by atoms with Crippen LogP contribution in [0.5, 0.6) is 5.75 Å². The van der Waals surface area contributed by atoms with Crippen molar-refractivity contribution >= 4 is 21.7 Å². The predicted octanol–water partition coefficient (Wildman–Crippen LogP) is 2.77. The van der Waals surface area contributed by atoms with Crippen molar-refractivity contribution in [3.8, 4) is 5.75 Å². The van der Waals surface area contributed by atoms with E-state index < -0.39 is 12.1 Å². The van der Waals surface area contributed by atoms with Gasteiger partial charge in [0.15, 0.2) is 11.6 Å². The summed E-state index contributed by atoms with van der Waals surface area (Å²) in [5.74, 6) is -0.739. The summed E-state index contributed by atoms with van der Waals surface area (Å²) >= 11 is 3.15. The minimum atomic E-state index is -4.75. The van der Waals surface area contributed by atoms with Gasteiger partial charge in [-0.15, -0.1) is 13.2 Å². The van der Waals surface area contributed by atoms with E-state index >= 15 is 0 Å². The summed E-state index contributed by atoms with van der Waals surface area (Å²) in [5, 5.41) is 0.426. The zero-order valence-electron chi connectivity index (χ0n) is 7.73. The number of aryl methyl sites for hydroxylation is 1. The molecule has 15 heavy (non-hydrogen) atoms. The Hall–Kier alpha value is -0.980. The molecular formula is C8H8BrF3N2O. The van der Waals surface area contributed by atoms with E-state index in [1.807, 2.05) is 0 Å². The lowest BCUT2D eigenvalue weighted by molar-refractivity contribution is -0.274. The first-order valence-electron chi connectivity index (χ1n) is 3.91. The number of alkyl halides is 4. The first kappa shape index (κ1) is 12.1. The molecule has 0 radical (unpaired) electrons. The van der Waals surface area contributed by atoms with Gasteiger partial charge < -0.3 is 10.5 Å². The van der Waals surface area contributed by atoms with Crippen LogP contribution in [-0.4, -0.2) is 11.3 Å². The summed E-state index contributed by atoms with van der Waals surface area (Å²) in [6.07, 6.45) is -4.75. The maximum atomic E-state index is 11.9. The highest BCUT2D eigenvalue weighted by Gasteiger charge is 2.32. The first-order chi connectivity index (χ1) is 6.83. The number of hydrogen-bond donors (Lipinski definition) is 1. The lowest BCUT2D eigenvalue weighted by Crippen LogP contribution is -2.18. The lowest BCUT2D eigenvalue weighted by atomic mass is 10.2. The zero-order chi connectivity index (χ0) is 11.6. The zero-order valence-corrected chi connectivity index (χ0v) is 9.32. The molecule has 0 bridgehead atoms. The number of nitrogens with two attached hydrogens (primary N) is 1. The fourth-order valence-electron chi connectivity index (χ4n) is 0.984. The molecule has 0 fully saturated rings. The van der Waals surface area contributed by atoms with E-state index in [2.05, 4.69) is 25.7 Å². The molecule has 0 aliphatic heterocycles. The lowest BCUT2D eigenvalue weighted by Gasteiger charge is -2.12. The third-order valence-electron chi connectivity index (χ3n) is 1.66. The van der Waals surface area contributed by atoms with E-state index in [0.29, 0.717) is 16.6 Å². The Kier molecular flexibility index (Phi) is 3.43. The Morgan fingerprint density at radius 3 is 2.60 bits per heavy atom. The molecule has 1 aromatic rings. The van der Waals surface area contributed by atoms with E-state index in [-0.39, 0.29) is 5.82 Å². The maximum Gasteiger partial charge on any atom is 0.573 e. The van der Waals surface area contributed by atoms with Crippen molar-refractivity contribution in [2.24, 2.45) is 0 Å². The van der Waals surface area contributed by atoms with E-state index in [9.17, 15) is 13.2 Å². The van der Waals surface area contributed by atoms with Gasteiger partial charge in [-0.05, 0) is 18.6 Å². The second kappa shape index (κ2) is 4.26. The molecule has 1 rings (SSSR count). The first-order valence-corrected chi connectivity index (χ1v) is 5.03. The fourth-order valence-corrected chi connectivity index (χ4v) is 1.55. The minimum absolute atomic E-state index is 0.271. The molecule has 0 spiro atoms. The smallest absolute Gasteiger partial charge is 0.402 e. The highest BCUT2D eigenvalue weighted by atomic mass is 79.9. The maximum absolute atomic E-state index is 11.9. The molecule has 0 aliphatic rings. The van der Waals surface area contributed by atoms with Gasteiger partial charge in [-0.25, -0.2) is 4.98 Å². The molecule has 2 N–H and O–H groups in total. The van der Waals surface area contributed by atoms with Crippen molar-refractivity contribution in [3.63, 3.8) is 0 Å². The SMILES string of the molecule is Cc1cc(OC(F)(F)F)c(N)nc1CBr. The number of anilines is 1. The Bertz CT molecular complexity index is 368. The Morgan fingerprint density at radius 2 is 2.13 bits per heavy atom. The molecule has 1 heterocycles. The van der Waals surface area contributed by atoms with Crippen LogP contribution < -0.4 is 10.5 Å². The van der Waals surface area contributed by atoms with Gasteiger partial charge in [0.2, 0.25) is 0 Å². The molecule has 0 unspecified atom stereocenters. The standard InChI is InChI=1S/C8H8BrF3N2O/c1-4-2-6(15-8(10,11)12)7(13)14-5(4)3-9/h2H,3H2,1H3,(H2,13,14). The van der Waals surface area contributed by atoms with Crippen LogP contribution in [0.1, 0.15) is 11.3 Å². The van der Waals surface area contributed by atoms with Gasteiger partial charge in [0.25, 0.3) is 0 Å². The third kappa shape index (κ3) is 3.26. The Labute approximate surface area is 92.6 Å². The van der Waals surface area contributed by atoms with E-state index in [1.54, 1.807) is 6.92 Å². The molecule has 0 amide bonds. The van der Waals surface area contributed by atoms with Crippen molar-refractivity contribution in [3.05, 3.63) is 17.3 Å². The summed E-state index contributed by atoms with van der Waals surface area (Å²) in [5.41, 5.74) is 6.48. The monoisotopic (exact) mass is 284 g/mol. The number of hydrogen-bond acceptors (Lipinski definition) is 3. The van der Waals surface area contributed by atoms with Crippen LogP contribution in [0.3, 0.4) is 0 Å². The number of aromatic nitrogens is 1. The van der Waals surface area contributed by atoms with Crippen LogP contribution in [0.2, 0.25) is 0 Å². The average molecular weight is 285 g/mol. The topological polar surface area (TPSA) is 48.1 Å². The molecule has 0 aliphatic carbocycles. The summed E-state index contributed by atoms with van der Waals surface area (Å²) in [6.45, 7) is 1.63. The molecule has 7 heteroatoms. The molecule has 3 nitrogen and oxygen atoms in total. The minimum Gasteiger partial charge on any atom is -0.402 e. The van der Waals surface area contributed by atoms with Gasteiger partial charge in [0, 0.05) is 5.33 Å². The number of ether oxygens (including phenoxy) is 1. The normalized spacial score (nSPS) is 11.5. The third-order valence-corrected chi connectivity index (χ3v) is 2.19. The number of nitrogen functional groups attached to an aromatic ring is 1. The largest absolute Gasteiger partial charge is 0.573 e. The van der Waals surface area contributed by atoms with Crippen LogP contribution in [0.15, 0.2) is 6.07 Å². The van der Waals surface area contributed by atoms with Crippen molar-refractivity contribution in [2.75, 3.05) is 5.73 Å². The van der Waals surface area contributed by atoms with Crippen molar-refractivity contribution in [2.45, 2.75) is 18.6 Å².